The van der Waals surface area contributed by atoms with E-state index in [0.717, 1.165) is 13.0 Å². The van der Waals surface area contributed by atoms with E-state index in [2.05, 4.69) is 14.5 Å². The summed E-state index contributed by atoms with van der Waals surface area (Å²) in [6.45, 7) is 0.492. The van der Waals surface area contributed by atoms with E-state index in [1.165, 1.54) is 31.4 Å². The number of likely N-dealkylation sites (tertiary alicyclic amines) is 1. The van der Waals surface area contributed by atoms with Gasteiger partial charge in [0.1, 0.15) is 11.6 Å². The van der Waals surface area contributed by atoms with Crippen molar-refractivity contribution >= 4 is 33.4 Å². The highest BCUT2D eigenvalue weighted by molar-refractivity contribution is 7.90. The SMILES string of the molecule is COC(=O)COc1cccc(C(=O)Nc2cccc(S(=O)(=O)/N=C3/CCCN3C)c2)c1. The third-order valence-electron chi connectivity index (χ3n) is 4.63. The minimum absolute atomic E-state index is 0.00624. The van der Waals surface area contributed by atoms with Crippen LogP contribution in [0.25, 0.3) is 0 Å². The van der Waals surface area contributed by atoms with Gasteiger partial charge in [0, 0.05) is 31.3 Å². The van der Waals surface area contributed by atoms with Crippen LogP contribution < -0.4 is 10.1 Å². The van der Waals surface area contributed by atoms with Crippen molar-refractivity contribution < 1.29 is 27.5 Å². The highest BCUT2D eigenvalue weighted by Crippen LogP contribution is 2.21. The van der Waals surface area contributed by atoms with Gasteiger partial charge in [-0.05, 0) is 42.8 Å². The van der Waals surface area contributed by atoms with Gasteiger partial charge in [0.2, 0.25) is 0 Å². The van der Waals surface area contributed by atoms with Crippen LogP contribution >= 0.6 is 0 Å². The Balaban J connectivity index is 1.74. The van der Waals surface area contributed by atoms with Crippen molar-refractivity contribution in [2.24, 2.45) is 4.40 Å². The molecule has 0 bridgehead atoms. The fourth-order valence-electron chi connectivity index (χ4n) is 2.97. The average molecular weight is 445 g/mol. The van der Waals surface area contributed by atoms with E-state index in [0.29, 0.717) is 23.7 Å². The minimum atomic E-state index is -3.89. The first-order valence-electron chi connectivity index (χ1n) is 9.54. The molecule has 1 fully saturated rings. The molecule has 0 saturated carbocycles. The molecule has 2 aromatic rings. The summed E-state index contributed by atoms with van der Waals surface area (Å²) >= 11 is 0. The van der Waals surface area contributed by atoms with E-state index in [-0.39, 0.29) is 17.1 Å². The number of ether oxygens (including phenoxy) is 2. The quantitative estimate of drug-likeness (QED) is 0.651. The summed E-state index contributed by atoms with van der Waals surface area (Å²) in [6.07, 6.45) is 1.48. The van der Waals surface area contributed by atoms with E-state index >= 15 is 0 Å². The van der Waals surface area contributed by atoms with E-state index in [4.69, 9.17) is 4.74 Å². The Morgan fingerprint density at radius 1 is 1.16 bits per heavy atom. The third-order valence-corrected chi connectivity index (χ3v) is 5.93. The molecule has 0 spiro atoms. The lowest BCUT2D eigenvalue weighted by Gasteiger charge is -2.11. The second kappa shape index (κ2) is 9.61. The van der Waals surface area contributed by atoms with Gasteiger partial charge in [0.15, 0.2) is 6.61 Å². The number of amides is 1. The number of hydrogen-bond donors (Lipinski definition) is 1. The number of carbonyl (C=O) groups excluding carboxylic acids is 2. The Morgan fingerprint density at radius 3 is 2.65 bits per heavy atom. The van der Waals surface area contributed by atoms with Gasteiger partial charge in [-0.1, -0.05) is 12.1 Å². The summed E-state index contributed by atoms with van der Waals surface area (Å²) in [6, 6.07) is 12.2. The molecule has 0 atom stereocenters. The molecule has 1 saturated heterocycles. The number of carbonyl (C=O) groups is 2. The molecule has 0 unspecified atom stereocenters. The molecule has 0 aromatic heterocycles. The normalized spacial score (nSPS) is 15.0. The van der Waals surface area contributed by atoms with Crippen molar-refractivity contribution in [1.82, 2.24) is 4.90 Å². The predicted molar refractivity (Wildman–Crippen MR) is 115 cm³/mol. The zero-order chi connectivity index (χ0) is 22.4. The number of anilines is 1. The van der Waals surface area contributed by atoms with Crippen molar-refractivity contribution in [2.75, 3.05) is 32.6 Å². The van der Waals surface area contributed by atoms with Crippen molar-refractivity contribution in [1.29, 1.82) is 0 Å². The molecule has 2 aromatic carbocycles. The molecule has 3 rings (SSSR count). The predicted octanol–water partition coefficient (Wildman–Crippen LogP) is 2.30. The first-order valence-corrected chi connectivity index (χ1v) is 11.0. The zero-order valence-corrected chi connectivity index (χ0v) is 18.0. The van der Waals surface area contributed by atoms with Crippen molar-refractivity contribution in [3.63, 3.8) is 0 Å². The van der Waals surface area contributed by atoms with E-state index in [1.807, 2.05) is 4.90 Å². The van der Waals surface area contributed by atoms with Gasteiger partial charge in [-0.3, -0.25) is 4.79 Å². The summed E-state index contributed by atoms with van der Waals surface area (Å²) < 4.78 is 39.0. The highest BCUT2D eigenvalue weighted by Gasteiger charge is 2.20. The van der Waals surface area contributed by atoms with Crippen LogP contribution in [0.3, 0.4) is 0 Å². The summed E-state index contributed by atoms with van der Waals surface area (Å²) in [5.41, 5.74) is 0.593. The Hall–Kier alpha value is -3.40. The number of methoxy groups -OCH3 is 1. The molecule has 0 radical (unpaired) electrons. The molecule has 164 valence electrons. The molecule has 1 aliphatic heterocycles. The van der Waals surface area contributed by atoms with Crippen LogP contribution in [0.15, 0.2) is 57.8 Å². The molecular weight excluding hydrogens is 422 g/mol. The fraction of sp³-hybridized carbons (Fsp3) is 0.286. The van der Waals surface area contributed by atoms with Crippen LogP contribution in [0.4, 0.5) is 5.69 Å². The lowest BCUT2D eigenvalue weighted by molar-refractivity contribution is -0.142. The number of nitrogens with zero attached hydrogens (tertiary/aromatic N) is 2. The Bertz CT molecular complexity index is 1110. The van der Waals surface area contributed by atoms with Crippen molar-refractivity contribution in [3.05, 3.63) is 54.1 Å². The Morgan fingerprint density at radius 2 is 1.94 bits per heavy atom. The van der Waals surface area contributed by atoms with Crippen molar-refractivity contribution in [3.8, 4) is 5.75 Å². The van der Waals surface area contributed by atoms with E-state index < -0.39 is 21.9 Å². The van der Waals surface area contributed by atoms with Gasteiger partial charge in [-0.15, -0.1) is 4.40 Å². The summed E-state index contributed by atoms with van der Waals surface area (Å²) in [5, 5.41) is 2.67. The number of amidine groups is 1. The zero-order valence-electron chi connectivity index (χ0n) is 17.2. The van der Waals surface area contributed by atoms with Gasteiger partial charge in [-0.25, -0.2) is 4.79 Å². The van der Waals surface area contributed by atoms with Crippen LogP contribution in [0.1, 0.15) is 23.2 Å². The molecule has 31 heavy (non-hydrogen) atoms. The molecule has 0 aliphatic carbocycles. The van der Waals surface area contributed by atoms with Crippen molar-refractivity contribution in [2.45, 2.75) is 17.7 Å². The number of benzene rings is 2. The first-order chi connectivity index (χ1) is 14.8. The summed E-state index contributed by atoms with van der Waals surface area (Å²) in [7, 11) is -0.835. The molecule has 1 amide bonds. The molecule has 9 nitrogen and oxygen atoms in total. The standard InChI is InChI=1S/C21H23N3O6S/c1-24-11-5-10-19(24)23-31(27,28)18-9-4-7-16(13-18)22-21(26)15-6-3-8-17(12-15)30-14-20(25)29-2/h3-4,6-9,12-13H,5,10-11,14H2,1-2H3,(H,22,26)/b23-19-. The van der Waals surface area contributed by atoms with Crippen LogP contribution in [0.2, 0.25) is 0 Å². The van der Waals surface area contributed by atoms with Crippen LogP contribution in [-0.2, 0) is 19.6 Å². The van der Waals surface area contributed by atoms with E-state index in [1.54, 1.807) is 31.3 Å². The number of esters is 1. The Labute approximate surface area is 180 Å². The van der Waals surface area contributed by atoms with Gasteiger partial charge >= 0.3 is 5.97 Å². The minimum Gasteiger partial charge on any atom is -0.482 e. The van der Waals surface area contributed by atoms with Gasteiger partial charge < -0.3 is 19.7 Å². The van der Waals surface area contributed by atoms with Gasteiger partial charge in [0.05, 0.1) is 12.0 Å². The number of nitrogens with one attached hydrogen (secondary N) is 1. The monoisotopic (exact) mass is 445 g/mol. The topological polar surface area (TPSA) is 114 Å². The molecule has 1 N–H and O–H groups in total. The highest BCUT2D eigenvalue weighted by atomic mass is 32.2. The Kier molecular flexibility index (Phi) is 6.91. The maximum absolute atomic E-state index is 12.7. The van der Waals surface area contributed by atoms with Crippen LogP contribution in [0.5, 0.6) is 5.75 Å². The lowest BCUT2D eigenvalue weighted by Crippen LogP contribution is -2.20. The van der Waals surface area contributed by atoms with Gasteiger partial charge in [0.25, 0.3) is 15.9 Å². The number of rotatable bonds is 7. The number of hydrogen-bond acceptors (Lipinski definition) is 6. The lowest BCUT2D eigenvalue weighted by atomic mass is 10.2. The first kappa shape index (κ1) is 22.3. The second-order valence-corrected chi connectivity index (χ2v) is 8.49. The second-order valence-electron chi connectivity index (χ2n) is 6.88. The maximum atomic E-state index is 12.7. The smallest absolute Gasteiger partial charge is 0.343 e. The molecular formula is C21H23N3O6S. The maximum Gasteiger partial charge on any atom is 0.343 e. The van der Waals surface area contributed by atoms with E-state index in [9.17, 15) is 18.0 Å². The average Bonchev–Trinajstić information content (AvgIpc) is 3.16. The van der Waals surface area contributed by atoms with Crippen LogP contribution in [0, 0.1) is 0 Å². The largest absolute Gasteiger partial charge is 0.482 e. The van der Waals surface area contributed by atoms with Crippen LogP contribution in [-0.4, -0.2) is 58.3 Å². The molecule has 1 heterocycles. The fourth-order valence-corrected chi connectivity index (χ4v) is 4.11. The number of sulfonamides is 1. The van der Waals surface area contributed by atoms with Gasteiger partial charge in [-0.2, -0.15) is 8.42 Å². The third kappa shape index (κ3) is 5.82. The molecule has 10 heteroatoms. The summed E-state index contributed by atoms with van der Waals surface area (Å²) in [4.78, 5) is 25.6. The summed E-state index contributed by atoms with van der Waals surface area (Å²) in [5.74, 6) is -0.149. The molecule has 1 aliphatic rings.